The molecule has 144 valence electrons. The van der Waals surface area contributed by atoms with E-state index in [-0.39, 0.29) is 5.56 Å². The molecule has 0 saturated carbocycles. The van der Waals surface area contributed by atoms with Crippen molar-refractivity contribution in [1.82, 2.24) is 9.97 Å². The van der Waals surface area contributed by atoms with Crippen LogP contribution in [0.1, 0.15) is 0 Å². The van der Waals surface area contributed by atoms with Crippen LogP contribution in [0, 0.1) is 0 Å². The zero-order valence-electron chi connectivity index (χ0n) is 16.2. The fraction of sp³-hybridized carbons (Fsp3) is 0.0833. The highest BCUT2D eigenvalue weighted by Crippen LogP contribution is 2.33. The Labute approximate surface area is 168 Å². The zero-order valence-corrected chi connectivity index (χ0v) is 16.2. The lowest BCUT2D eigenvalue weighted by molar-refractivity contribution is 0.415. The van der Waals surface area contributed by atoms with Crippen LogP contribution in [-0.2, 0) is 0 Å². The van der Waals surface area contributed by atoms with Gasteiger partial charge in [0.15, 0.2) is 0 Å². The average molecular weight is 384 g/mol. The van der Waals surface area contributed by atoms with Gasteiger partial charge in [-0.1, -0.05) is 24.3 Å². The second-order valence-corrected chi connectivity index (χ2v) is 6.49. The minimum absolute atomic E-state index is 0.153. The number of hydrogen-bond donors (Lipinski definition) is 1. The van der Waals surface area contributed by atoms with E-state index >= 15 is 0 Å². The largest absolute Gasteiger partial charge is 0.497 e. The third-order valence-electron chi connectivity index (χ3n) is 4.81. The average Bonchev–Trinajstić information content (AvgIpc) is 2.80. The van der Waals surface area contributed by atoms with Crippen LogP contribution < -0.4 is 15.0 Å². The second-order valence-electron chi connectivity index (χ2n) is 6.49. The van der Waals surface area contributed by atoms with E-state index in [0.29, 0.717) is 5.56 Å². The number of benzene rings is 2. The van der Waals surface area contributed by atoms with E-state index in [1.807, 2.05) is 66.7 Å². The molecule has 0 unspecified atom stereocenters. The zero-order chi connectivity index (χ0) is 20.2. The lowest BCUT2D eigenvalue weighted by Crippen LogP contribution is -2.11. The number of aromatic amines is 1. The summed E-state index contributed by atoms with van der Waals surface area (Å²) >= 11 is 0. The number of nitrogens with one attached hydrogen (secondary N) is 1. The molecule has 0 aliphatic heterocycles. The molecular formula is C24H20N2O3. The van der Waals surface area contributed by atoms with Crippen LogP contribution in [0.5, 0.6) is 11.5 Å². The Kier molecular flexibility index (Phi) is 5.12. The Hall–Kier alpha value is -3.86. The molecule has 0 aliphatic carbocycles. The first kappa shape index (κ1) is 18.5. The molecule has 29 heavy (non-hydrogen) atoms. The van der Waals surface area contributed by atoms with E-state index in [1.165, 1.54) is 0 Å². The maximum absolute atomic E-state index is 12.9. The molecule has 0 spiro atoms. The van der Waals surface area contributed by atoms with Crippen molar-refractivity contribution in [3.8, 4) is 45.0 Å². The van der Waals surface area contributed by atoms with Crippen LogP contribution in [0.3, 0.4) is 0 Å². The molecule has 5 heteroatoms. The number of aromatic nitrogens is 2. The lowest BCUT2D eigenvalue weighted by atomic mass is 9.96. The molecule has 2 aromatic carbocycles. The van der Waals surface area contributed by atoms with Crippen molar-refractivity contribution in [2.45, 2.75) is 0 Å². The summed E-state index contributed by atoms with van der Waals surface area (Å²) in [6.45, 7) is 0. The molecule has 0 bridgehead atoms. The van der Waals surface area contributed by atoms with E-state index < -0.39 is 0 Å². The van der Waals surface area contributed by atoms with Gasteiger partial charge in [-0.15, -0.1) is 0 Å². The molecule has 5 nitrogen and oxygen atoms in total. The number of rotatable bonds is 5. The molecule has 1 N–H and O–H groups in total. The van der Waals surface area contributed by atoms with E-state index in [0.717, 1.165) is 39.4 Å². The third kappa shape index (κ3) is 3.75. The quantitative estimate of drug-likeness (QED) is 0.537. The molecule has 0 saturated heterocycles. The maximum atomic E-state index is 12.9. The lowest BCUT2D eigenvalue weighted by Gasteiger charge is -2.13. The van der Waals surface area contributed by atoms with Gasteiger partial charge in [-0.2, -0.15) is 0 Å². The van der Waals surface area contributed by atoms with Crippen molar-refractivity contribution in [2.24, 2.45) is 0 Å². The highest BCUT2D eigenvalue weighted by molar-refractivity contribution is 5.84. The van der Waals surface area contributed by atoms with Gasteiger partial charge in [0.05, 0.1) is 19.9 Å². The van der Waals surface area contributed by atoms with Gasteiger partial charge in [-0.05, 0) is 53.6 Å². The Balaban J connectivity index is 1.92. The van der Waals surface area contributed by atoms with Crippen molar-refractivity contribution >= 4 is 0 Å². The minimum Gasteiger partial charge on any atom is -0.497 e. The van der Waals surface area contributed by atoms with Gasteiger partial charge in [0.25, 0.3) is 5.56 Å². The normalized spacial score (nSPS) is 10.6. The predicted octanol–water partition coefficient (Wildman–Crippen LogP) is 4.79. The molecule has 0 radical (unpaired) electrons. The number of H-pyrrole nitrogens is 1. The van der Waals surface area contributed by atoms with Crippen molar-refractivity contribution in [3.63, 3.8) is 0 Å². The third-order valence-corrected chi connectivity index (χ3v) is 4.81. The Bertz CT molecular complexity index is 1170. The second kappa shape index (κ2) is 8.02. The Morgan fingerprint density at radius 2 is 1.21 bits per heavy atom. The summed E-state index contributed by atoms with van der Waals surface area (Å²) in [5.41, 5.74) is 4.80. The fourth-order valence-electron chi connectivity index (χ4n) is 3.26. The number of ether oxygens (including phenoxy) is 2. The standard InChI is InChI=1S/C24H20N2O3/c1-28-19-7-3-16(4-8-19)21-15-22(17-5-9-20(29-2)10-6-17)24(27)26-23(21)18-11-13-25-14-12-18/h3-15H,1-2H3,(H,26,27). The van der Waals surface area contributed by atoms with E-state index in [4.69, 9.17) is 9.47 Å². The summed E-state index contributed by atoms with van der Waals surface area (Å²) in [6.07, 6.45) is 3.42. The van der Waals surface area contributed by atoms with Crippen molar-refractivity contribution in [3.05, 3.63) is 89.5 Å². The molecule has 0 fully saturated rings. The Morgan fingerprint density at radius 1 is 0.690 bits per heavy atom. The molecule has 4 aromatic rings. The van der Waals surface area contributed by atoms with Gasteiger partial charge in [0, 0.05) is 29.1 Å². The first-order valence-electron chi connectivity index (χ1n) is 9.16. The van der Waals surface area contributed by atoms with Gasteiger partial charge in [0.1, 0.15) is 11.5 Å². The van der Waals surface area contributed by atoms with Gasteiger partial charge in [0.2, 0.25) is 0 Å². The number of hydrogen-bond acceptors (Lipinski definition) is 4. The minimum atomic E-state index is -0.153. The summed E-state index contributed by atoms with van der Waals surface area (Å²) in [4.78, 5) is 20.1. The van der Waals surface area contributed by atoms with Crippen molar-refractivity contribution in [1.29, 1.82) is 0 Å². The van der Waals surface area contributed by atoms with Gasteiger partial charge in [-0.25, -0.2) is 0 Å². The molecule has 2 heterocycles. The SMILES string of the molecule is COc1ccc(-c2cc(-c3ccc(OC)cc3)c(=O)[nH]c2-c2ccncc2)cc1. The van der Waals surface area contributed by atoms with Crippen LogP contribution in [0.4, 0.5) is 0 Å². The fourth-order valence-corrected chi connectivity index (χ4v) is 3.26. The monoisotopic (exact) mass is 384 g/mol. The summed E-state index contributed by atoms with van der Waals surface area (Å²) in [5.74, 6) is 1.52. The summed E-state index contributed by atoms with van der Waals surface area (Å²) in [5, 5.41) is 0. The smallest absolute Gasteiger partial charge is 0.256 e. The number of nitrogens with zero attached hydrogens (tertiary/aromatic N) is 1. The molecule has 4 rings (SSSR count). The topological polar surface area (TPSA) is 64.2 Å². The van der Waals surface area contributed by atoms with Crippen LogP contribution in [0.15, 0.2) is 83.9 Å². The van der Waals surface area contributed by atoms with Gasteiger partial charge in [-0.3, -0.25) is 9.78 Å². The summed E-state index contributed by atoms with van der Waals surface area (Å²) in [6, 6.07) is 20.9. The number of pyridine rings is 2. The first-order valence-corrected chi connectivity index (χ1v) is 9.16. The molecular weight excluding hydrogens is 364 g/mol. The molecule has 2 aromatic heterocycles. The van der Waals surface area contributed by atoms with Crippen LogP contribution >= 0.6 is 0 Å². The van der Waals surface area contributed by atoms with Crippen molar-refractivity contribution in [2.75, 3.05) is 14.2 Å². The Morgan fingerprint density at radius 3 is 1.72 bits per heavy atom. The highest BCUT2D eigenvalue weighted by atomic mass is 16.5. The van der Waals surface area contributed by atoms with Crippen LogP contribution in [-0.4, -0.2) is 24.2 Å². The van der Waals surface area contributed by atoms with E-state index in [2.05, 4.69) is 9.97 Å². The maximum Gasteiger partial charge on any atom is 0.256 e. The first-order chi connectivity index (χ1) is 14.2. The summed E-state index contributed by atoms with van der Waals surface area (Å²) in [7, 11) is 3.26. The van der Waals surface area contributed by atoms with Crippen molar-refractivity contribution < 1.29 is 9.47 Å². The van der Waals surface area contributed by atoms with E-state index in [1.54, 1.807) is 26.6 Å². The molecule has 0 atom stereocenters. The molecule has 0 aliphatic rings. The molecule has 0 amide bonds. The van der Waals surface area contributed by atoms with E-state index in [9.17, 15) is 4.79 Å². The summed E-state index contributed by atoms with van der Waals surface area (Å²) < 4.78 is 10.5. The van der Waals surface area contributed by atoms with Gasteiger partial charge >= 0.3 is 0 Å². The highest BCUT2D eigenvalue weighted by Gasteiger charge is 2.14. The predicted molar refractivity (Wildman–Crippen MR) is 114 cm³/mol. The van der Waals surface area contributed by atoms with Crippen LogP contribution in [0.25, 0.3) is 33.5 Å². The number of methoxy groups -OCH3 is 2. The van der Waals surface area contributed by atoms with Crippen LogP contribution in [0.2, 0.25) is 0 Å². The van der Waals surface area contributed by atoms with Gasteiger partial charge < -0.3 is 14.5 Å².